The molecular formula is C15H34O4Si3. The molecule has 0 saturated heterocycles. The van der Waals surface area contributed by atoms with Crippen LogP contribution in [0.25, 0.3) is 0 Å². The number of ether oxygens (including phenoxy) is 1. The molecule has 0 fully saturated rings. The van der Waals surface area contributed by atoms with Crippen molar-refractivity contribution in [1.29, 1.82) is 0 Å². The molecule has 7 heteroatoms. The molecule has 0 heterocycles. The molecule has 22 heavy (non-hydrogen) atoms. The Morgan fingerprint density at radius 3 is 1.86 bits per heavy atom. The first-order valence-electron chi connectivity index (χ1n) is 8.03. The molecule has 0 bridgehead atoms. The van der Waals surface area contributed by atoms with Gasteiger partial charge in [-0.2, -0.15) is 0 Å². The van der Waals surface area contributed by atoms with Crippen molar-refractivity contribution in [3.05, 3.63) is 12.2 Å². The number of hydrogen-bond donors (Lipinski definition) is 0. The van der Waals surface area contributed by atoms with E-state index in [0.717, 1.165) is 6.04 Å². The van der Waals surface area contributed by atoms with Gasteiger partial charge in [0.05, 0.1) is 16.1 Å². The van der Waals surface area contributed by atoms with E-state index in [1.807, 2.05) is 0 Å². The fourth-order valence-electron chi connectivity index (χ4n) is 2.27. The first-order chi connectivity index (χ1) is 9.80. The van der Waals surface area contributed by atoms with E-state index in [-0.39, 0.29) is 5.97 Å². The minimum absolute atomic E-state index is 0.327. The van der Waals surface area contributed by atoms with Crippen molar-refractivity contribution in [3.63, 3.8) is 0 Å². The number of carbonyl (C=O) groups is 1. The lowest BCUT2D eigenvalue weighted by molar-refractivity contribution is -0.142. The maximum atomic E-state index is 11.6. The van der Waals surface area contributed by atoms with Crippen LogP contribution in [-0.2, 0) is 18.4 Å². The third-order valence-electron chi connectivity index (χ3n) is 2.68. The Hall–Kier alpha value is -0.219. The summed E-state index contributed by atoms with van der Waals surface area (Å²) in [6, 6.07) is 1.10. The molecule has 0 spiro atoms. The molecule has 0 radical (unpaired) electrons. The Balaban J connectivity index is 5.09. The quantitative estimate of drug-likeness (QED) is 0.258. The van der Waals surface area contributed by atoms with E-state index in [1.54, 1.807) is 6.92 Å². The van der Waals surface area contributed by atoms with Gasteiger partial charge in [0.15, 0.2) is 16.6 Å². The minimum atomic E-state index is -1.75. The molecule has 0 aliphatic carbocycles. The second kappa shape index (κ2) is 8.58. The van der Waals surface area contributed by atoms with Crippen LogP contribution in [0, 0.1) is 0 Å². The van der Waals surface area contributed by atoms with Gasteiger partial charge in [-0.3, -0.25) is 0 Å². The van der Waals surface area contributed by atoms with Gasteiger partial charge >= 0.3 is 5.97 Å². The van der Waals surface area contributed by atoms with E-state index in [0.29, 0.717) is 18.6 Å². The molecule has 0 saturated carbocycles. The van der Waals surface area contributed by atoms with Crippen LogP contribution < -0.4 is 0 Å². The Morgan fingerprint density at radius 1 is 1.09 bits per heavy atom. The standard InChI is InChI=1S/C15H34O4Si3/c1-10-20-15(18-21(4,5)6,19-22(7,8)9)11-12-17-14(16)13(2)3/h2,10-12,20H2,1,3-9H3. The summed E-state index contributed by atoms with van der Waals surface area (Å²) in [6.07, 6.45) is 0.626. The van der Waals surface area contributed by atoms with Crippen LogP contribution in [0.4, 0.5) is 0 Å². The zero-order valence-electron chi connectivity index (χ0n) is 15.7. The molecule has 0 aliphatic rings. The Kier molecular flexibility index (Phi) is 8.50. The topological polar surface area (TPSA) is 44.8 Å². The molecule has 0 aromatic heterocycles. The van der Waals surface area contributed by atoms with Gasteiger partial charge in [-0.25, -0.2) is 4.79 Å². The van der Waals surface area contributed by atoms with Crippen LogP contribution in [-0.4, -0.2) is 44.1 Å². The molecule has 0 aromatic rings. The monoisotopic (exact) mass is 362 g/mol. The predicted octanol–water partition coefficient (Wildman–Crippen LogP) is 3.46. The molecule has 0 unspecified atom stereocenters. The summed E-state index contributed by atoms with van der Waals surface area (Å²) in [5, 5.41) is 0. The summed E-state index contributed by atoms with van der Waals surface area (Å²) in [7, 11) is -4.09. The predicted molar refractivity (Wildman–Crippen MR) is 101 cm³/mol. The average Bonchev–Trinajstić information content (AvgIpc) is 2.23. The number of esters is 1. The maximum Gasteiger partial charge on any atom is 0.333 e. The van der Waals surface area contributed by atoms with Gasteiger partial charge in [0.1, 0.15) is 5.41 Å². The molecule has 4 nitrogen and oxygen atoms in total. The van der Waals surface area contributed by atoms with Gasteiger partial charge in [0.25, 0.3) is 0 Å². The fourth-order valence-corrected chi connectivity index (χ4v) is 9.44. The van der Waals surface area contributed by atoms with Gasteiger partial charge in [-0.05, 0) is 46.2 Å². The van der Waals surface area contributed by atoms with Gasteiger partial charge in [-0.1, -0.05) is 19.5 Å². The Bertz CT molecular complexity index is 367. The van der Waals surface area contributed by atoms with Crippen LogP contribution in [0.2, 0.25) is 45.3 Å². The molecule has 0 rings (SSSR count). The zero-order chi connectivity index (χ0) is 17.6. The first-order valence-corrected chi connectivity index (χ1v) is 16.6. The Morgan fingerprint density at radius 2 is 1.55 bits per heavy atom. The smallest absolute Gasteiger partial charge is 0.333 e. The van der Waals surface area contributed by atoms with Gasteiger partial charge in [-0.15, -0.1) is 0 Å². The van der Waals surface area contributed by atoms with E-state index in [2.05, 4.69) is 52.8 Å². The molecule has 0 N–H and O–H groups in total. The molecule has 0 amide bonds. The average molecular weight is 363 g/mol. The van der Waals surface area contributed by atoms with Crippen molar-refractivity contribution >= 4 is 32.1 Å². The number of hydrogen-bond acceptors (Lipinski definition) is 4. The normalized spacial score (nSPS) is 13.6. The van der Waals surface area contributed by atoms with Crippen molar-refractivity contribution in [2.45, 2.75) is 71.0 Å². The molecular weight excluding hydrogens is 328 g/mol. The van der Waals surface area contributed by atoms with Crippen LogP contribution in [0.1, 0.15) is 20.3 Å². The maximum absolute atomic E-state index is 11.6. The van der Waals surface area contributed by atoms with E-state index in [4.69, 9.17) is 13.6 Å². The highest BCUT2D eigenvalue weighted by Gasteiger charge is 2.40. The summed E-state index contributed by atoms with van der Waals surface area (Å²) in [6.45, 7) is 20.9. The lowest BCUT2D eigenvalue weighted by atomic mass is 10.3. The highest BCUT2D eigenvalue weighted by atomic mass is 28.4. The van der Waals surface area contributed by atoms with Crippen molar-refractivity contribution in [2.24, 2.45) is 0 Å². The van der Waals surface area contributed by atoms with Gasteiger partial charge < -0.3 is 13.6 Å². The molecule has 130 valence electrons. The van der Waals surface area contributed by atoms with E-state index in [1.165, 1.54) is 0 Å². The number of carbonyl (C=O) groups excluding carboxylic acids is 1. The summed E-state index contributed by atoms with van der Waals surface area (Å²) < 4.78 is 18.3. The highest BCUT2D eigenvalue weighted by Crippen LogP contribution is 2.28. The third-order valence-corrected chi connectivity index (χ3v) is 7.13. The van der Waals surface area contributed by atoms with Crippen molar-refractivity contribution in [2.75, 3.05) is 6.61 Å². The van der Waals surface area contributed by atoms with E-state index in [9.17, 15) is 4.79 Å². The largest absolute Gasteiger partial charge is 0.462 e. The van der Waals surface area contributed by atoms with Crippen LogP contribution >= 0.6 is 0 Å². The molecule has 0 aromatic carbocycles. The lowest BCUT2D eigenvalue weighted by Crippen LogP contribution is -2.54. The van der Waals surface area contributed by atoms with Crippen molar-refractivity contribution in [3.8, 4) is 0 Å². The summed E-state index contributed by atoms with van der Waals surface area (Å²) in [5.74, 6) is -0.340. The van der Waals surface area contributed by atoms with Crippen molar-refractivity contribution < 1.29 is 18.4 Å². The molecule has 0 aliphatic heterocycles. The summed E-state index contributed by atoms with van der Waals surface area (Å²) in [4.78, 5) is 11.6. The van der Waals surface area contributed by atoms with Crippen LogP contribution in [0.5, 0.6) is 0 Å². The summed E-state index contributed by atoms with van der Waals surface area (Å²) >= 11 is 0. The minimum Gasteiger partial charge on any atom is -0.462 e. The fraction of sp³-hybridized carbons (Fsp3) is 0.800. The Labute approximate surface area is 140 Å². The van der Waals surface area contributed by atoms with E-state index < -0.39 is 31.6 Å². The lowest BCUT2D eigenvalue weighted by Gasteiger charge is -2.43. The van der Waals surface area contributed by atoms with Gasteiger partial charge in [0, 0.05) is 12.0 Å². The van der Waals surface area contributed by atoms with Gasteiger partial charge in [0.2, 0.25) is 0 Å². The second-order valence-electron chi connectivity index (χ2n) is 7.76. The highest BCUT2D eigenvalue weighted by molar-refractivity contribution is 6.72. The SMILES string of the molecule is C=C(C)C(=O)OCCC(O[Si](C)(C)C)(O[Si](C)(C)C)[SiH2]CC. The molecule has 0 atom stereocenters. The van der Waals surface area contributed by atoms with Crippen LogP contribution in [0.3, 0.4) is 0 Å². The number of rotatable bonds is 10. The zero-order valence-corrected chi connectivity index (χ0v) is 19.1. The first kappa shape index (κ1) is 21.8. The summed E-state index contributed by atoms with van der Waals surface area (Å²) in [5.41, 5.74) is -0.0745. The van der Waals surface area contributed by atoms with Crippen LogP contribution in [0.15, 0.2) is 12.2 Å². The van der Waals surface area contributed by atoms with E-state index >= 15 is 0 Å². The third kappa shape index (κ3) is 9.73. The second-order valence-corrected chi connectivity index (χ2v) is 19.2. The van der Waals surface area contributed by atoms with Crippen molar-refractivity contribution in [1.82, 2.24) is 0 Å².